The molecule has 0 aliphatic rings. The van der Waals surface area contributed by atoms with Crippen molar-refractivity contribution in [1.29, 1.82) is 5.26 Å². The summed E-state index contributed by atoms with van der Waals surface area (Å²) in [7, 11) is 0. The van der Waals surface area contributed by atoms with Crippen molar-refractivity contribution in [2.24, 2.45) is 0 Å². The molecule has 0 atom stereocenters. The van der Waals surface area contributed by atoms with Crippen molar-refractivity contribution in [3.05, 3.63) is 52.9 Å². The van der Waals surface area contributed by atoms with Crippen LogP contribution in [-0.2, 0) is 0 Å². The van der Waals surface area contributed by atoms with Crippen molar-refractivity contribution < 1.29 is 4.39 Å². The molecule has 0 saturated carbocycles. The van der Waals surface area contributed by atoms with Gasteiger partial charge in [-0.05, 0) is 56.0 Å². The molecule has 0 aliphatic heterocycles. The minimum atomic E-state index is -0.293. The van der Waals surface area contributed by atoms with Crippen molar-refractivity contribution in [2.45, 2.75) is 40.0 Å². The maximum atomic E-state index is 13.4. The van der Waals surface area contributed by atoms with E-state index in [0.717, 1.165) is 30.4 Å². The van der Waals surface area contributed by atoms with Gasteiger partial charge in [-0.25, -0.2) is 4.39 Å². The summed E-state index contributed by atoms with van der Waals surface area (Å²) >= 11 is 0. The lowest BCUT2D eigenvalue weighted by Crippen LogP contribution is -1.92. The van der Waals surface area contributed by atoms with Crippen molar-refractivity contribution in [3.8, 4) is 6.07 Å². The van der Waals surface area contributed by atoms with E-state index in [1.165, 1.54) is 17.7 Å². The minimum absolute atomic E-state index is 0.293. The molecule has 100 valence electrons. The third-order valence-electron chi connectivity index (χ3n) is 2.86. The van der Waals surface area contributed by atoms with Crippen molar-refractivity contribution in [1.82, 2.24) is 0 Å². The van der Waals surface area contributed by atoms with Gasteiger partial charge in [0.05, 0.1) is 11.6 Å². The molecule has 0 N–H and O–H groups in total. The summed E-state index contributed by atoms with van der Waals surface area (Å²) in [4.78, 5) is 0. The smallest absolute Gasteiger partial charge is 0.123 e. The SMILES string of the molecule is CCC/C(=C\CC=C(C)C)c1cc(F)ccc1C#N. The van der Waals surface area contributed by atoms with E-state index in [-0.39, 0.29) is 5.82 Å². The predicted molar refractivity (Wildman–Crippen MR) is 78.0 cm³/mol. The van der Waals surface area contributed by atoms with Gasteiger partial charge in [0.2, 0.25) is 0 Å². The third kappa shape index (κ3) is 4.71. The van der Waals surface area contributed by atoms with Crippen LogP contribution in [0, 0.1) is 17.1 Å². The quantitative estimate of drug-likeness (QED) is 0.662. The average Bonchev–Trinajstić information content (AvgIpc) is 2.37. The molecule has 0 spiro atoms. The summed E-state index contributed by atoms with van der Waals surface area (Å²) in [6.07, 6.45) is 6.86. The van der Waals surface area contributed by atoms with Gasteiger partial charge in [0.15, 0.2) is 0 Å². The zero-order valence-corrected chi connectivity index (χ0v) is 11.8. The van der Waals surface area contributed by atoms with Crippen LogP contribution in [0.15, 0.2) is 35.9 Å². The fourth-order valence-electron chi connectivity index (χ4n) is 1.93. The molecule has 0 heterocycles. The largest absolute Gasteiger partial charge is 0.207 e. The van der Waals surface area contributed by atoms with Gasteiger partial charge in [0, 0.05) is 0 Å². The Morgan fingerprint density at radius 2 is 2.05 bits per heavy atom. The van der Waals surface area contributed by atoms with E-state index in [2.05, 4.69) is 39.0 Å². The van der Waals surface area contributed by atoms with Crippen molar-refractivity contribution >= 4 is 5.57 Å². The number of allylic oxidation sites excluding steroid dienone is 4. The highest BCUT2D eigenvalue weighted by atomic mass is 19.1. The van der Waals surface area contributed by atoms with Crippen LogP contribution < -0.4 is 0 Å². The molecular weight excluding hydrogens is 237 g/mol. The molecular formula is C17H20FN. The first kappa shape index (κ1) is 15.2. The van der Waals surface area contributed by atoms with E-state index < -0.39 is 0 Å². The minimum Gasteiger partial charge on any atom is -0.207 e. The molecule has 1 nitrogen and oxygen atoms in total. The molecule has 1 aromatic rings. The van der Waals surface area contributed by atoms with Crippen LogP contribution in [0.3, 0.4) is 0 Å². The number of nitriles is 1. The summed E-state index contributed by atoms with van der Waals surface area (Å²) in [6, 6.07) is 6.48. The van der Waals surface area contributed by atoms with Crippen LogP contribution in [0.2, 0.25) is 0 Å². The van der Waals surface area contributed by atoms with Gasteiger partial charge in [0.1, 0.15) is 5.82 Å². The molecule has 0 bridgehead atoms. The molecule has 1 rings (SSSR count). The van der Waals surface area contributed by atoms with E-state index in [1.807, 2.05) is 0 Å². The van der Waals surface area contributed by atoms with Crippen LogP contribution in [0.4, 0.5) is 4.39 Å². The highest BCUT2D eigenvalue weighted by Gasteiger charge is 2.08. The lowest BCUT2D eigenvalue weighted by molar-refractivity contribution is 0.627. The Bertz CT molecular complexity index is 529. The number of benzene rings is 1. The van der Waals surface area contributed by atoms with Gasteiger partial charge in [-0.15, -0.1) is 0 Å². The highest BCUT2D eigenvalue weighted by Crippen LogP contribution is 2.25. The topological polar surface area (TPSA) is 23.8 Å². The van der Waals surface area contributed by atoms with Gasteiger partial charge in [-0.3, -0.25) is 0 Å². The monoisotopic (exact) mass is 257 g/mol. The number of hydrogen-bond acceptors (Lipinski definition) is 1. The lowest BCUT2D eigenvalue weighted by Gasteiger charge is -2.09. The van der Waals surface area contributed by atoms with Crippen LogP contribution in [0.1, 0.15) is 51.2 Å². The van der Waals surface area contributed by atoms with Gasteiger partial charge in [0.25, 0.3) is 0 Å². The Balaban J connectivity index is 3.15. The number of hydrogen-bond donors (Lipinski definition) is 0. The molecule has 0 radical (unpaired) electrons. The second kappa shape index (κ2) is 7.53. The number of rotatable bonds is 5. The average molecular weight is 257 g/mol. The second-order valence-electron chi connectivity index (χ2n) is 4.80. The van der Waals surface area contributed by atoms with Crippen LogP contribution in [0.25, 0.3) is 5.57 Å². The van der Waals surface area contributed by atoms with E-state index in [9.17, 15) is 4.39 Å². The first-order chi connectivity index (χ1) is 9.08. The molecule has 0 aliphatic carbocycles. The summed E-state index contributed by atoms with van der Waals surface area (Å²) < 4.78 is 13.4. The van der Waals surface area contributed by atoms with Crippen LogP contribution in [-0.4, -0.2) is 0 Å². The molecule has 0 amide bonds. The second-order valence-corrected chi connectivity index (χ2v) is 4.80. The van der Waals surface area contributed by atoms with Crippen LogP contribution >= 0.6 is 0 Å². The fraction of sp³-hybridized carbons (Fsp3) is 0.353. The van der Waals surface area contributed by atoms with Crippen molar-refractivity contribution in [3.63, 3.8) is 0 Å². The molecule has 19 heavy (non-hydrogen) atoms. The first-order valence-corrected chi connectivity index (χ1v) is 6.61. The normalized spacial score (nSPS) is 11.0. The van der Waals surface area contributed by atoms with Gasteiger partial charge < -0.3 is 0 Å². The van der Waals surface area contributed by atoms with E-state index in [0.29, 0.717) is 5.56 Å². The summed E-state index contributed by atoms with van der Waals surface area (Å²) in [5.41, 5.74) is 3.58. The van der Waals surface area contributed by atoms with Gasteiger partial charge in [-0.1, -0.05) is 31.1 Å². The molecule has 1 aromatic carbocycles. The van der Waals surface area contributed by atoms with E-state index in [4.69, 9.17) is 5.26 Å². The molecule has 0 unspecified atom stereocenters. The molecule has 0 saturated heterocycles. The maximum Gasteiger partial charge on any atom is 0.123 e. The Morgan fingerprint density at radius 3 is 2.63 bits per heavy atom. The Hall–Kier alpha value is -1.88. The number of halogens is 1. The van der Waals surface area contributed by atoms with Crippen molar-refractivity contribution in [2.75, 3.05) is 0 Å². The Kier molecular flexibility index (Phi) is 6.02. The summed E-state index contributed by atoms with van der Waals surface area (Å²) in [5.74, 6) is -0.293. The third-order valence-corrected chi connectivity index (χ3v) is 2.86. The van der Waals surface area contributed by atoms with Gasteiger partial charge in [-0.2, -0.15) is 5.26 Å². The summed E-state index contributed by atoms with van der Waals surface area (Å²) in [5, 5.41) is 9.13. The predicted octanol–water partition coefficient (Wildman–Crippen LogP) is 5.24. The maximum absolute atomic E-state index is 13.4. The van der Waals surface area contributed by atoms with E-state index >= 15 is 0 Å². The molecule has 0 fully saturated rings. The molecule has 0 aromatic heterocycles. The zero-order chi connectivity index (χ0) is 14.3. The zero-order valence-electron chi connectivity index (χ0n) is 11.8. The Labute approximate surface area is 115 Å². The lowest BCUT2D eigenvalue weighted by atomic mass is 9.95. The standard InChI is InChI=1S/C17H20FN/c1-4-6-14(8-5-7-13(2)3)17-11-16(18)10-9-15(17)12-19/h7-11H,4-6H2,1-3H3/b14-8+. The van der Waals surface area contributed by atoms with Crippen LogP contribution in [0.5, 0.6) is 0 Å². The molecule has 2 heteroatoms. The van der Waals surface area contributed by atoms with E-state index in [1.54, 1.807) is 6.07 Å². The first-order valence-electron chi connectivity index (χ1n) is 6.61. The number of nitrogens with zero attached hydrogens (tertiary/aromatic N) is 1. The summed E-state index contributed by atoms with van der Waals surface area (Å²) in [6.45, 7) is 6.19. The Morgan fingerprint density at radius 1 is 1.32 bits per heavy atom. The van der Waals surface area contributed by atoms with Gasteiger partial charge >= 0.3 is 0 Å². The fourth-order valence-corrected chi connectivity index (χ4v) is 1.93. The highest BCUT2D eigenvalue weighted by molar-refractivity contribution is 5.70.